The average Bonchev–Trinajstić information content (AvgIpc) is 2.49. The third kappa shape index (κ3) is 3.90. The van der Waals surface area contributed by atoms with Crippen LogP contribution in [-0.2, 0) is 20.2 Å². The number of rotatable bonds is 2. The predicted octanol–water partition coefficient (Wildman–Crippen LogP) is 0.194. The molecule has 0 fully saturated rings. The molecular weight excluding hydrogens is 406 g/mol. The van der Waals surface area contributed by atoms with Crippen LogP contribution >= 0.6 is 0 Å². The van der Waals surface area contributed by atoms with Crippen LogP contribution in [0.15, 0.2) is 46.2 Å². The summed E-state index contributed by atoms with van der Waals surface area (Å²) in [5.74, 6) is -1.89. The minimum atomic E-state index is -4.78. The molecule has 0 unspecified atom stereocenters. The van der Waals surface area contributed by atoms with Gasteiger partial charge in [0.2, 0.25) is 0 Å². The second kappa shape index (κ2) is 7.92. The van der Waals surface area contributed by atoms with Crippen molar-refractivity contribution < 1.29 is 35.5 Å². The van der Waals surface area contributed by atoms with Crippen molar-refractivity contribution in [3.05, 3.63) is 58.7 Å². The van der Waals surface area contributed by atoms with E-state index in [1.807, 2.05) is 0 Å². The minimum absolute atomic E-state index is 0. The van der Waals surface area contributed by atoms with Gasteiger partial charge in [-0.2, -0.15) is 16.8 Å². The fraction of sp³-hybridized carbons (Fsp3) is 0. The SMILES string of the molecule is O=C1c2cccc(S(=O)(=O)O)c2C(=O)c2cccc(S(=O)(=O)O)c21.[Na].[Na]. The number of hydrogen-bond acceptors (Lipinski definition) is 6. The molecule has 0 saturated carbocycles. The number of fused-ring (bicyclic) bond motifs is 2. The van der Waals surface area contributed by atoms with E-state index in [9.17, 15) is 35.5 Å². The van der Waals surface area contributed by atoms with Gasteiger partial charge in [-0.3, -0.25) is 18.7 Å². The topological polar surface area (TPSA) is 143 Å². The van der Waals surface area contributed by atoms with Gasteiger partial charge in [0, 0.05) is 70.2 Å². The largest absolute Gasteiger partial charge is 0.295 e. The van der Waals surface area contributed by atoms with E-state index in [-0.39, 0.29) is 70.2 Å². The molecule has 0 atom stereocenters. The van der Waals surface area contributed by atoms with Gasteiger partial charge in [-0.05, 0) is 12.1 Å². The molecule has 2 N–H and O–H groups in total. The molecule has 0 amide bonds. The van der Waals surface area contributed by atoms with Crippen LogP contribution < -0.4 is 0 Å². The summed E-state index contributed by atoms with van der Waals surface area (Å²) in [5.41, 5.74) is -1.83. The Bertz CT molecular complexity index is 1050. The zero-order valence-corrected chi connectivity index (χ0v) is 19.3. The van der Waals surface area contributed by atoms with Crippen molar-refractivity contribution >= 4 is 90.9 Å². The van der Waals surface area contributed by atoms with Gasteiger partial charge in [-0.25, -0.2) is 0 Å². The van der Waals surface area contributed by atoms with Crippen molar-refractivity contribution in [2.24, 2.45) is 0 Å². The van der Waals surface area contributed by atoms with Gasteiger partial charge in [0.05, 0.1) is 11.1 Å². The zero-order chi connectivity index (χ0) is 17.9. The fourth-order valence-electron chi connectivity index (χ4n) is 2.61. The molecule has 126 valence electrons. The molecule has 8 nitrogen and oxygen atoms in total. The van der Waals surface area contributed by atoms with Gasteiger partial charge < -0.3 is 0 Å². The maximum atomic E-state index is 12.6. The molecule has 0 aromatic heterocycles. The molecule has 26 heavy (non-hydrogen) atoms. The zero-order valence-electron chi connectivity index (χ0n) is 13.6. The smallest absolute Gasteiger partial charge is 0.289 e. The van der Waals surface area contributed by atoms with E-state index >= 15 is 0 Å². The number of carbonyl (C=O) groups excluding carboxylic acids is 2. The normalized spacial score (nSPS) is 13.2. The summed E-state index contributed by atoms with van der Waals surface area (Å²) in [6, 6.07) is 6.44. The Labute approximate surface area is 193 Å². The van der Waals surface area contributed by atoms with E-state index < -0.39 is 52.7 Å². The van der Waals surface area contributed by atoms with Crippen LogP contribution in [-0.4, -0.2) is 96.6 Å². The number of carbonyl (C=O) groups is 2. The maximum absolute atomic E-state index is 12.6. The van der Waals surface area contributed by atoms with Gasteiger partial charge >= 0.3 is 0 Å². The molecule has 0 saturated heterocycles. The van der Waals surface area contributed by atoms with Crippen LogP contribution in [0.3, 0.4) is 0 Å². The molecular formula is C14H8Na2O8S2. The molecule has 0 heterocycles. The van der Waals surface area contributed by atoms with E-state index in [1.165, 1.54) is 0 Å². The average molecular weight is 414 g/mol. The van der Waals surface area contributed by atoms with Crippen LogP contribution in [0.2, 0.25) is 0 Å². The maximum Gasteiger partial charge on any atom is 0.295 e. The van der Waals surface area contributed by atoms with Gasteiger partial charge in [0.1, 0.15) is 9.79 Å². The van der Waals surface area contributed by atoms with Crippen molar-refractivity contribution in [1.29, 1.82) is 0 Å². The molecule has 3 rings (SSSR count). The summed E-state index contributed by atoms with van der Waals surface area (Å²) in [4.78, 5) is 23.7. The Morgan fingerprint density at radius 1 is 0.615 bits per heavy atom. The van der Waals surface area contributed by atoms with Crippen LogP contribution in [0.4, 0.5) is 0 Å². The van der Waals surface area contributed by atoms with Crippen LogP contribution in [0.1, 0.15) is 31.8 Å². The van der Waals surface area contributed by atoms with E-state index in [0.29, 0.717) is 0 Å². The van der Waals surface area contributed by atoms with Gasteiger partial charge in [-0.15, -0.1) is 0 Å². The quantitative estimate of drug-likeness (QED) is 0.447. The first-order valence-corrected chi connectivity index (χ1v) is 9.22. The molecule has 1 aliphatic rings. The molecule has 1 aliphatic carbocycles. The van der Waals surface area contributed by atoms with Crippen molar-refractivity contribution in [2.75, 3.05) is 0 Å². The van der Waals surface area contributed by atoms with Crippen molar-refractivity contribution in [1.82, 2.24) is 0 Å². The van der Waals surface area contributed by atoms with Crippen LogP contribution in [0, 0.1) is 0 Å². The van der Waals surface area contributed by atoms with Gasteiger partial charge in [-0.1, -0.05) is 24.3 Å². The molecule has 12 heteroatoms. The van der Waals surface area contributed by atoms with E-state index in [2.05, 4.69) is 0 Å². The number of hydrogen-bond donors (Lipinski definition) is 2. The van der Waals surface area contributed by atoms with E-state index in [4.69, 9.17) is 0 Å². The molecule has 0 spiro atoms. The summed E-state index contributed by atoms with van der Waals surface area (Å²) in [5, 5.41) is 0. The summed E-state index contributed by atoms with van der Waals surface area (Å²) < 4.78 is 64.3. The Balaban J connectivity index is 0.00000169. The molecule has 2 aromatic carbocycles. The third-order valence-electron chi connectivity index (χ3n) is 3.55. The Hall–Kier alpha value is -0.400. The Morgan fingerprint density at radius 3 is 1.19 bits per heavy atom. The Kier molecular flexibility index (Phi) is 7.20. The molecule has 2 aromatic rings. The second-order valence-electron chi connectivity index (χ2n) is 4.97. The summed E-state index contributed by atoms with van der Waals surface area (Å²) in [6.07, 6.45) is 0. The van der Waals surface area contributed by atoms with E-state index in [0.717, 1.165) is 36.4 Å². The van der Waals surface area contributed by atoms with Crippen molar-refractivity contribution in [3.63, 3.8) is 0 Å². The predicted molar refractivity (Wildman–Crippen MR) is 90.9 cm³/mol. The fourth-order valence-corrected chi connectivity index (χ4v) is 4.03. The van der Waals surface area contributed by atoms with Crippen LogP contribution in [0.25, 0.3) is 0 Å². The number of ketones is 2. The van der Waals surface area contributed by atoms with Crippen LogP contribution in [0.5, 0.6) is 0 Å². The second-order valence-corrected chi connectivity index (χ2v) is 7.75. The molecule has 2 radical (unpaired) electrons. The first-order valence-electron chi connectivity index (χ1n) is 6.34. The number of benzene rings is 2. The van der Waals surface area contributed by atoms with Crippen molar-refractivity contribution in [3.8, 4) is 0 Å². The first-order chi connectivity index (χ1) is 11.0. The van der Waals surface area contributed by atoms with Crippen molar-refractivity contribution in [2.45, 2.75) is 9.79 Å². The third-order valence-corrected chi connectivity index (χ3v) is 5.34. The first kappa shape index (κ1) is 23.6. The minimum Gasteiger partial charge on any atom is -0.289 e. The van der Waals surface area contributed by atoms with Gasteiger partial charge in [0.25, 0.3) is 20.2 Å². The van der Waals surface area contributed by atoms with E-state index in [1.54, 1.807) is 0 Å². The summed E-state index contributed by atoms with van der Waals surface area (Å²) in [6.45, 7) is 0. The molecule has 0 bridgehead atoms. The summed E-state index contributed by atoms with van der Waals surface area (Å²) >= 11 is 0. The van der Waals surface area contributed by atoms with Gasteiger partial charge in [0.15, 0.2) is 11.6 Å². The summed E-state index contributed by atoms with van der Waals surface area (Å²) in [7, 11) is -9.56. The monoisotopic (exact) mass is 414 g/mol. The molecule has 0 aliphatic heterocycles. The Morgan fingerprint density at radius 2 is 0.923 bits per heavy atom. The standard InChI is InChI=1S/C14H8O8S2.2Na/c15-13-7-3-1-5-9(23(17,18)19)11(7)14(16)8-4-2-6-10(12(8)13)24(20,21)22;;/h1-6H,(H,17,18,19)(H,20,21,22);;.